The van der Waals surface area contributed by atoms with E-state index in [1.165, 1.54) is 7.11 Å². The van der Waals surface area contributed by atoms with Crippen LogP contribution in [0.3, 0.4) is 0 Å². The minimum atomic E-state index is -0.289. The number of carbonyl (C=O) groups is 2. The van der Waals surface area contributed by atoms with E-state index in [1.54, 1.807) is 24.1 Å². The summed E-state index contributed by atoms with van der Waals surface area (Å²) < 4.78 is 4.54. The van der Waals surface area contributed by atoms with Crippen LogP contribution in [0.4, 0.5) is 5.69 Å². The smallest absolute Gasteiger partial charge is 0.306 e. The van der Waals surface area contributed by atoms with Crippen LogP contribution in [0.1, 0.15) is 12.0 Å². The van der Waals surface area contributed by atoms with Crippen LogP contribution in [-0.2, 0) is 14.3 Å². The molecule has 0 aliphatic carbocycles. The molecule has 1 amide bonds. The summed E-state index contributed by atoms with van der Waals surface area (Å²) in [4.78, 5) is 24.6. The highest BCUT2D eigenvalue weighted by Crippen LogP contribution is 2.19. The van der Waals surface area contributed by atoms with Gasteiger partial charge in [0, 0.05) is 17.3 Å². The van der Waals surface area contributed by atoms with Gasteiger partial charge in [-0.15, -0.1) is 0 Å². The Morgan fingerprint density at radius 2 is 2.10 bits per heavy atom. The van der Waals surface area contributed by atoms with Crippen LogP contribution < -0.4 is 5.32 Å². The van der Waals surface area contributed by atoms with Crippen molar-refractivity contribution < 1.29 is 14.3 Å². The number of esters is 1. The lowest BCUT2D eigenvalue weighted by Gasteiger charge is -2.15. The number of methoxy groups -OCH3 is 1. The number of hydrogen-bond donors (Lipinski definition) is 1. The highest BCUT2D eigenvalue weighted by Gasteiger charge is 2.09. The zero-order valence-electron chi connectivity index (χ0n) is 11.9. The van der Waals surface area contributed by atoms with Gasteiger partial charge in [0.15, 0.2) is 0 Å². The van der Waals surface area contributed by atoms with E-state index in [1.807, 2.05) is 13.0 Å². The molecule has 1 aromatic rings. The maximum absolute atomic E-state index is 11.8. The summed E-state index contributed by atoms with van der Waals surface area (Å²) in [5.41, 5.74) is 1.62. The number of likely N-dealkylation sites (N-methyl/N-ethyl adjacent to an activating group) is 1. The van der Waals surface area contributed by atoms with E-state index >= 15 is 0 Å². The van der Waals surface area contributed by atoms with Crippen molar-refractivity contribution in [1.82, 2.24) is 4.90 Å². The topological polar surface area (TPSA) is 58.6 Å². The fourth-order valence-corrected chi connectivity index (χ4v) is 1.76. The summed E-state index contributed by atoms with van der Waals surface area (Å²) in [6.45, 7) is 2.56. The molecule has 6 heteroatoms. The normalized spacial score (nSPS) is 10.4. The number of rotatable bonds is 6. The number of halogens is 1. The van der Waals surface area contributed by atoms with Crippen molar-refractivity contribution in [3.8, 4) is 0 Å². The fraction of sp³-hybridized carbons (Fsp3) is 0.429. The van der Waals surface area contributed by atoms with Crippen molar-refractivity contribution >= 4 is 29.2 Å². The predicted molar refractivity (Wildman–Crippen MR) is 78.9 cm³/mol. The Labute approximate surface area is 123 Å². The van der Waals surface area contributed by atoms with Crippen molar-refractivity contribution in [3.05, 3.63) is 28.8 Å². The van der Waals surface area contributed by atoms with Crippen molar-refractivity contribution in [2.45, 2.75) is 13.3 Å². The zero-order valence-corrected chi connectivity index (χ0v) is 12.7. The Morgan fingerprint density at radius 1 is 1.40 bits per heavy atom. The molecule has 0 aromatic heterocycles. The fourth-order valence-electron chi connectivity index (χ4n) is 1.58. The Kier molecular flexibility index (Phi) is 6.48. The summed E-state index contributed by atoms with van der Waals surface area (Å²) in [6.07, 6.45) is 0.261. The summed E-state index contributed by atoms with van der Waals surface area (Å²) >= 11 is 5.99. The lowest BCUT2D eigenvalue weighted by atomic mass is 10.2. The minimum absolute atomic E-state index is 0.155. The van der Waals surface area contributed by atoms with Crippen molar-refractivity contribution in [2.24, 2.45) is 0 Å². The van der Waals surface area contributed by atoms with Gasteiger partial charge in [-0.25, -0.2) is 0 Å². The maximum atomic E-state index is 11.8. The summed E-state index contributed by atoms with van der Waals surface area (Å²) in [5, 5.41) is 3.37. The largest absolute Gasteiger partial charge is 0.469 e. The SMILES string of the molecule is COC(=O)CCN(C)CC(=O)Nc1ccc(C)c(Cl)c1. The van der Waals surface area contributed by atoms with E-state index in [-0.39, 0.29) is 24.8 Å². The first-order chi connectivity index (χ1) is 9.42. The molecule has 0 spiro atoms. The Morgan fingerprint density at radius 3 is 2.70 bits per heavy atom. The second-order valence-corrected chi connectivity index (χ2v) is 4.98. The van der Waals surface area contributed by atoms with E-state index in [0.29, 0.717) is 17.3 Å². The predicted octanol–water partition coefficient (Wildman–Crippen LogP) is 2.08. The molecule has 20 heavy (non-hydrogen) atoms. The van der Waals surface area contributed by atoms with Gasteiger partial charge in [0.2, 0.25) is 5.91 Å². The minimum Gasteiger partial charge on any atom is -0.469 e. The molecule has 0 heterocycles. The number of nitrogens with zero attached hydrogens (tertiary/aromatic N) is 1. The number of aryl methyl sites for hydroxylation is 1. The standard InChI is InChI=1S/C14H19ClN2O3/c1-10-4-5-11(8-12(10)15)16-13(18)9-17(2)7-6-14(19)20-3/h4-5,8H,6-7,9H2,1-3H3,(H,16,18). The lowest BCUT2D eigenvalue weighted by Crippen LogP contribution is -2.31. The quantitative estimate of drug-likeness (QED) is 0.817. The molecule has 1 N–H and O–H groups in total. The molecule has 5 nitrogen and oxygen atoms in total. The number of benzene rings is 1. The molecule has 0 saturated carbocycles. The number of nitrogens with one attached hydrogen (secondary N) is 1. The van der Waals surface area contributed by atoms with E-state index in [9.17, 15) is 9.59 Å². The van der Waals surface area contributed by atoms with Crippen LogP contribution >= 0.6 is 11.6 Å². The molecule has 0 saturated heterocycles. The number of ether oxygens (including phenoxy) is 1. The third-order valence-corrected chi connectivity index (χ3v) is 3.20. The molecule has 0 aliphatic heterocycles. The second-order valence-electron chi connectivity index (χ2n) is 4.58. The Bertz CT molecular complexity index is 491. The second kappa shape index (κ2) is 7.87. The highest BCUT2D eigenvalue weighted by atomic mass is 35.5. The molecule has 1 aromatic carbocycles. The first kappa shape index (κ1) is 16.5. The zero-order chi connectivity index (χ0) is 15.1. The van der Waals surface area contributed by atoms with Crippen LogP contribution in [0.5, 0.6) is 0 Å². The molecule has 0 bridgehead atoms. The molecule has 1 rings (SSSR count). The number of anilines is 1. The third-order valence-electron chi connectivity index (χ3n) is 2.79. The first-order valence-corrected chi connectivity index (χ1v) is 6.61. The third kappa shape index (κ3) is 5.59. The average Bonchev–Trinajstić information content (AvgIpc) is 2.40. The van der Waals surface area contributed by atoms with E-state index < -0.39 is 0 Å². The van der Waals surface area contributed by atoms with Crippen LogP contribution in [-0.4, -0.2) is 44.0 Å². The van der Waals surface area contributed by atoms with E-state index in [2.05, 4.69) is 10.1 Å². The van der Waals surface area contributed by atoms with Gasteiger partial charge in [0.25, 0.3) is 0 Å². The van der Waals surface area contributed by atoms with Crippen LogP contribution in [0.25, 0.3) is 0 Å². The van der Waals surface area contributed by atoms with Gasteiger partial charge in [-0.3, -0.25) is 14.5 Å². The number of hydrogen-bond acceptors (Lipinski definition) is 4. The molecule has 110 valence electrons. The van der Waals surface area contributed by atoms with Crippen LogP contribution in [0, 0.1) is 6.92 Å². The molecular weight excluding hydrogens is 280 g/mol. The van der Waals surface area contributed by atoms with Crippen molar-refractivity contribution in [1.29, 1.82) is 0 Å². The Hall–Kier alpha value is -1.59. The maximum Gasteiger partial charge on any atom is 0.306 e. The average molecular weight is 299 g/mol. The Balaban J connectivity index is 2.42. The molecule has 0 atom stereocenters. The van der Waals surface area contributed by atoms with E-state index in [4.69, 9.17) is 11.6 Å². The summed E-state index contributed by atoms with van der Waals surface area (Å²) in [7, 11) is 3.11. The number of amides is 1. The van der Waals surface area contributed by atoms with E-state index in [0.717, 1.165) is 5.56 Å². The van der Waals surface area contributed by atoms with Crippen molar-refractivity contribution in [3.63, 3.8) is 0 Å². The van der Waals surface area contributed by atoms with Crippen molar-refractivity contribution in [2.75, 3.05) is 32.6 Å². The van der Waals surface area contributed by atoms with Gasteiger partial charge in [0.1, 0.15) is 0 Å². The van der Waals surface area contributed by atoms with Gasteiger partial charge in [-0.05, 0) is 31.7 Å². The molecule has 0 radical (unpaired) electrons. The lowest BCUT2D eigenvalue weighted by molar-refractivity contribution is -0.141. The summed E-state index contributed by atoms with van der Waals surface area (Å²) in [6, 6.07) is 5.36. The molecular formula is C14H19ClN2O3. The van der Waals surface area contributed by atoms with Crippen LogP contribution in [0.2, 0.25) is 5.02 Å². The first-order valence-electron chi connectivity index (χ1n) is 6.23. The highest BCUT2D eigenvalue weighted by molar-refractivity contribution is 6.31. The summed E-state index contributed by atoms with van der Waals surface area (Å²) in [5.74, 6) is -0.445. The molecule has 0 fully saturated rings. The van der Waals surface area contributed by atoms with Gasteiger partial charge >= 0.3 is 5.97 Å². The number of carbonyl (C=O) groups excluding carboxylic acids is 2. The van der Waals surface area contributed by atoms with Gasteiger partial charge < -0.3 is 10.1 Å². The monoisotopic (exact) mass is 298 g/mol. The van der Waals surface area contributed by atoms with Crippen LogP contribution in [0.15, 0.2) is 18.2 Å². The van der Waals surface area contributed by atoms with Gasteiger partial charge in [-0.1, -0.05) is 17.7 Å². The molecule has 0 aliphatic rings. The van der Waals surface area contributed by atoms with Gasteiger partial charge in [0.05, 0.1) is 20.1 Å². The molecule has 0 unspecified atom stereocenters. The van der Waals surface area contributed by atoms with Gasteiger partial charge in [-0.2, -0.15) is 0 Å².